The van der Waals surface area contributed by atoms with Crippen molar-refractivity contribution in [3.63, 3.8) is 0 Å². The number of nitrogens with zero attached hydrogens (tertiary/aromatic N) is 2. The summed E-state index contributed by atoms with van der Waals surface area (Å²) >= 11 is 3.51. The first-order valence-corrected chi connectivity index (χ1v) is 11.6. The lowest BCUT2D eigenvalue weighted by atomic mass is 10.1. The van der Waals surface area contributed by atoms with Crippen LogP contribution in [0.2, 0.25) is 0 Å². The van der Waals surface area contributed by atoms with E-state index in [1.807, 2.05) is 6.07 Å². The van der Waals surface area contributed by atoms with Crippen molar-refractivity contribution in [1.82, 2.24) is 20.2 Å². The van der Waals surface area contributed by atoms with Crippen molar-refractivity contribution in [3.05, 3.63) is 52.9 Å². The fourth-order valence-electron chi connectivity index (χ4n) is 4.23. The minimum Gasteiger partial charge on any atom is -0.453 e. The van der Waals surface area contributed by atoms with Crippen LogP contribution in [0.1, 0.15) is 31.6 Å². The molecule has 1 saturated heterocycles. The minimum atomic E-state index is -0.850. The number of alkyl carbamates (subject to hydrolysis) is 1. The van der Waals surface area contributed by atoms with Crippen molar-refractivity contribution in [2.24, 2.45) is 0 Å². The Morgan fingerprint density at radius 3 is 2.73 bits per heavy atom. The zero-order valence-corrected chi connectivity index (χ0v) is 20.4. The average molecular weight is 515 g/mol. The largest absolute Gasteiger partial charge is 0.453 e. The predicted molar refractivity (Wildman–Crippen MR) is 129 cm³/mol. The van der Waals surface area contributed by atoms with Crippen LogP contribution in [0.25, 0.3) is 22.0 Å². The first kappa shape index (κ1) is 23.3. The Kier molecular flexibility index (Phi) is 6.99. The van der Waals surface area contributed by atoms with Gasteiger partial charge in [0.25, 0.3) is 0 Å². The summed E-state index contributed by atoms with van der Waals surface area (Å²) in [4.78, 5) is 34.9. The molecule has 174 valence electrons. The number of halogens is 1. The molecule has 0 saturated carbocycles. The molecule has 1 fully saturated rings. The van der Waals surface area contributed by atoms with Crippen LogP contribution >= 0.6 is 15.9 Å². The zero-order chi connectivity index (χ0) is 23.5. The number of ether oxygens (including phenoxy) is 2. The number of carbonyl (C=O) groups excluding carboxylic acids is 2. The standard InChI is InChI=1S/C24H27BrN4O4/c1-14(32-2)21(28-24(31)33-3)23(30)29-10-4-5-20(29)22-26-13-19(27-22)17-7-6-16-12-18(25)9-8-15(16)11-17/h6-9,11-14,20-21H,4-5,10H2,1-3H3,(H,26,27)(H,28,31)/t14-,20+,21+/m1/s1. The van der Waals surface area contributed by atoms with Gasteiger partial charge in [0.05, 0.1) is 31.1 Å². The molecule has 8 nitrogen and oxygen atoms in total. The van der Waals surface area contributed by atoms with Crippen molar-refractivity contribution in [3.8, 4) is 11.3 Å². The van der Waals surface area contributed by atoms with Gasteiger partial charge >= 0.3 is 6.09 Å². The Hall–Kier alpha value is -2.91. The summed E-state index contributed by atoms with van der Waals surface area (Å²) in [6.45, 7) is 2.33. The Morgan fingerprint density at radius 1 is 1.21 bits per heavy atom. The monoisotopic (exact) mass is 514 g/mol. The molecule has 1 aromatic heterocycles. The smallest absolute Gasteiger partial charge is 0.407 e. The van der Waals surface area contributed by atoms with Crippen molar-refractivity contribution in [2.75, 3.05) is 20.8 Å². The second kappa shape index (κ2) is 9.93. The number of fused-ring (bicyclic) bond motifs is 1. The maximum atomic E-state index is 13.4. The third-order valence-electron chi connectivity index (χ3n) is 6.13. The number of benzene rings is 2. The van der Waals surface area contributed by atoms with Crippen LogP contribution in [0.5, 0.6) is 0 Å². The van der Waals surface area contributed by atoms with E-state index in [0.29, 0.717) is 6.54 Å². The number of nitrogens with one attached hydrogen (secondary N) is 2. The summed E-state index contributed by atoms with van der Waals surface area (Å²) in [5, 5.41) is 4.89. The fourth-order valence-corrected chi connectivity index (χ4v) is 4.61. The molecular formula is C24H27BrN4O4. The molecule has 0 spiro atoms. The van der Waals surface area contributed by atoms with E-state index in [4.69, 9.17) is 9.47 Å². The third kappa shape index (κ3) is 4.89. The van der Waals surface area contributed by atoms with E-state index >= 15 is 0 Å². The van der Waals surface area contributed by atoms with E-state index in [2.05, 4.69) is 61.5 Å². The highest BCUT2D eigenvalue weighted by Crippen LogP contribution is 2.33. The van der Waals surface area contributed by atoms with Crippen LogP contribution in [-0.2, 0) is 14.3 Å². The SMILES string of the molecule is COC(=O)N[C@H](C(=O)N1CCC[C@H]1c1ncc(-c2ccc3cc(Br)ccc3c2)[nH]1)[C@@H](C)OC. The highest BCUT2D eigenvalue weighted by atomic mass is 79.9. The first-order chi connectivity index (χ1) is 15.9. The summed E-state index contributed by atoms with van der Waals surface area (Å²) in [5.41, 5.74) is 1.92. The number of likely N-dealkylation sites (tertiary alicyclic amines) is 1. The molecule has 2 heterocycles. The molecule has 0 aliphatic carbocycles. The maximum Gasteiger partial charge on any atom is 0.407 e. The van der Waals surface area contributed by atoms with Gasteiger partial charge in [0, 0.05) is 23.7 Å². The van der Waals surface area contributed by atoms with Crippen LogP contribution in [0.3, 0.4) is 0 Å². The Balaban J connectivity index is 1.57. The fraction of sp³-hybridized carbons (Fsp3) is 0.375. The Morgan fingerprint density at radius 2 is 1.97 bits per heavy atom. The normalized spacial score (nSPS) is 17.7. The van der Waals surface area contributed by atoms with Crippen molar-refractivity contribution in [1.29, 1.82) is 0 Å². The number of methoxy groups -OCH3 is 2. The molecule has 1 aliphatic rings. The van der Waals surface area contributed by atoms with E-state index in [1.165, 1.54) is 14.2 Å². The van der Waals surface area contributed by atoms with Gasteiger partial charge in [-0.1, -0.05) is 34.1 Å². The number of H-pyrrole nitrogens is 1. The second-order valence-electron chi connectivity index (χ2n) is 8.13. The quantitative estimate of drug-likeness (QED) is 0.507. The summed E-state index contributed by atoms with van der Waals surface area (Å²) in [6, 6.07) is 11.4. The molecule has 2 amide bonds. The molecule has 2 N–H and O–H groups in total. The Labute approximate surface area is 200 Å². The lowest BCUT2D eigenvalue weighted by Crippen LogP contribution is -2.54. The molecule has 0 unspecified atom stereocenters. The summed E-state index contributed by atoms with van der Waals surface area (Å²) < 4.78 is 11.1. The topological polar surface area (TPSA) is 96.5 Å². The Bertz CT molecular complexity index is 1160. The van der Waals surface area contributed by atoms with Gasteiger partial charge in [-0.2, -0.15) is 0 Å². The van der Waals surface area contributed by atoms with Gasteiger partial charge in [0.2, 0.25) is 5.91 Å². The highest BCUT2D eigenvalue weighted by molar-refractivity contribution is 9.10. The van der Waals surface area contributed by atoms with Crippen molar-refractivity contribution in [2.45, 2.75) is 38.0 Å². The average Bonchev–Trinajstić information content (AvgIpc) is 3.50. The lowest BCUT2D eigenvalue weighted by Gasteiger charge is -2.30. The van der Waals surface area contributed by atoms with Crippen molar-refractivity contribution >= 4 is 38.7 Å². The number of carbonyl (C=O) groups is 2. The minimum absolute atomic E-state index is 0.200. The van der Waals surface area contributed by atoms with Gasteiger partial charge in [-0.3, -0.25) is 4.79 Å². The molecular weight excluding hydrogens is 488 g/mol. The van der Waals surface area contributed by atoms with Crippen LogP contribution in [0.4, 0.5) is 4.79 Å². The number of hydrogen-bond donors (Lipinski definition) is 2. The lowest BCUT2D eigenvalue weighted by molar-refractivity contribution is -0.137. The van der Waals surface area contributed by atoms with Crippen LogP contribution < -0.4 is 5.32 Å². The molecule has 0 radical (unpaired) electrons. The van der Waals surface area contributed by atoms with Gasteiger partial charge in [-0.25, -0.2) is 9.78 Å². The van der Waals surface area contributed by atoms with E-state index in [-0.39, 0.29) is 11.9 Å². The molecule has 3 atom stereocenters. The van der Waals surface area contributed by atoms with E-state index in [0.717, 1.165) is 45.2 Å². The van der Waals surface area contributed by atoms with Crippen LogP contribution in [-0.4, -0.2) is 59.8 Å². The molecule has 2 aromatic carbocycles. The number of aromatic amines is 1. The second-order valence-corrected chi connectivity index (χ2v) is 9.05. The van der Waals surface area contributed by atoms with Gasteiger partial charge in [0.15, 0.2) is 0 Å². The van der Waals surface area contributed by atoms with E-state index < -0.39 is 18.2 Å². The van der Waals surface area contributed by atoms with Gasteiger partial charge in [-0.05, 0) is 48.7 Å². The van der Waals surface area contributed by atoms with Crippen LogP contribution in [0, 0.1) is 0 Å². The number of amides is 2. The number of aromatic nitrogens is 2. The molecule has 4 rings (SSSR count). The molecule has 9 heteroatoms. The summed E-state index contributed by atoms with van der Waals surface area (Å²) in [5.74, 6) is 0.514. The van der Waals surface area contributed by atoms with Gasteiger partial charge < -0.3 is 24.7 Å². The molecule has 0 bridgehead atoms. The van der Waals surface area contributed by atoms with Gasteiger partial charge in [-0.15, -0.1) is 0 Å². The summed E-state index contributed by atoms with van der Waals surface area (Å²) in [7, 11) is 2.77. The maximum absolute atomic E-state index is 13.4. The van der Waals surface area contributed by atoms with Crippen LogP contribution in [0.15, 0.2) is 47.1 Å². The molecule has 33 heavy (non-hydrogen) atoms. The van der Waals surface area contributed by atoms with E-state index in [1.54, 1.807) is 18.0 Å². The van der Waals surface area contributed by atoms with E-state index in [9.17, 15) is 9.59 Å². The third-order valence-corrected chi connectivity index (χ3v) is 6.62. The van der Waals surface area contributed by atoms with Crippen molar-refractivity contribution < 1.29 is 19.1 Å². The summed E-state index contributed by atoms with van der Waals surface area (Å²) in [6.07, 6.45) is 2.26. The zero-order valence-electron chi connectivity index (χ0n) is 18.8. The molecule has 3 aromatic rings. The molecule has 1 aliphatic heterocycles. The predicted octanol–water partition coefficient (Wildman–Crippen LogP) is 4.42. The van der Waals surface area contributed by atoms with Gasteiger partial charge in [0.1, 0.15) is 11.9 Å². The number of hydrogen-bond acceptors (Lipinski definition) is 5. The number of imidazole rings is 1. The number of rotatable bonds is 6. The highest BCUT2D eigenvalue weighted by Gasteiger charge is 2.38. The first-order valence-electron chi connectivity index (χ1n) is 10.8.